The summed E-state index contributed by atoms with van der Waals surface area (Å²) in [4.78, 5) is 0. The van der Waals surface area contributed by atoms with Gasteiger partial charge in [0.15, 0.2) is 0 Å². The third-order valence-electron chi connectivity index (χ3n) is 2.32. The van der Waals surface area contributed by atoms with Crippen molar-refractivity contribution in [3.8, 4) is 0 Å². The first-order valence-electron chi connectivity index (χ1n) is 5.52. The van der Waals surface area contributed by atoms with Crippen molar-refractivity contribution in [3.63, 3.8) is 0 Å². The van der Waals surface area contributed by atoms with Crippen molar-refractivity contribution >= 4 is 0 Å². The number of aromatic nitrogens is 3. The molecule has 0 unspecified atom stereocenters. The Labute approximate surface area is 91.9 Å². The third-order valence-corrected chi connectivity index (χ3v) is 2.32. The molecule has 15 heavy (non-hydrogen) atoms. The second kappa shape index (κ2) is 4.31. The second-order valence-electron chi connectivity index (χ2n) is 5.19. The van der Waals surface area contributed by atoms with Gasteiger partial charge < -0.3 is 10.3 Å². The molecule has 1 aromatic heterocycles. The molecule has 0 aromatic carbocycles. The number of hydrogen-bond donors (Lipinski definition) is 1. The molecule has 0 atom stereocenters. The maximum absolute atomic E-state index is 5.57. The number of nitrogens with two attached hydrogens (primary N) is 1. The van der Waals surface area contributed by atoms with Crippen molar-refractivity contribution in [2.24, 2.45) is 5.73 Å². The van der Waals surface area contributed by atoms with Gasteiger partial charge in [0.05, 0.1) is 0 Å². The average molecular weight is 210 g/mol. The minimum Gasteiger partial charge on any atom is -0.330 e. The van der Waals surface area contributed by atoms with Crippen LogP contribution in [0.15, 0.2) is 0 Å². The van der Waals surface area contributed by atoms with E-state index < -0.39 is 0 Å². The molecule has 0 fully saturated rings. The van der Waals surface area contributed by atoms with Gasteiger partial charge in [-0.25, -0.2) is 0 Å². The van der Waals surface area contributed by atoms with Crippen molar-refractivity contribution in [2.75, 3.05) is 6.54 Å². The predicted octanol–water partition coefficient (Wildman–Crippen LogP) is 1.66. The molecule has 1 aromatic rings. The molecule has 0 spiro atoms. The van der Waals surface area contributed by atoms with Crippen LogP contribution in [0.1, 0.15) is 52.3 Å². The van der Waals surface area contributed by atoms with Crippen molar-refractivity contribution in [2.45, 2.75) is 52.5 Å². The molecule has 0 aliphatic heterocycles. The van der Waals surface area contributed by atoms with Gasteiger partial charge in [-0.15, -0.1) is 10.2 Å². The topological polar surface area (TPSA) is 56.7 Å². The first-order chi connectivity index (χ1) is 6.88. The Kier molecular flexibility index (Phi) is 3.50. The highest BCUT2D eigenvalue weighted by molar-refractivity contribution is 5.07. The SMILES string of the molecule is CC(C)n1c(CCN)nnc1C(C)(C)C. The van der Waals surface area contributed by atoms with Crippen LogP contribution in [0.2, 0.25) is 0 Å². The summed E-state index contributed by atoms with van der Waals surface area (Å²) in [5.74, 6) is 2.04. The van der Waals surface area contributed by atoms with Crippen molar-refractivity contribution in [1.82, 2.24) is 14.8 Å². The van der Waals surface area contributed by atoms with Crippen LogP contribution in [0.4, 0.5) is 0 Å². The van der Waals surface area contributed by atoms with Gasteiger partial charge in [0.1, 0.15) is 11.6 Å². The number of rotatable bonds is 3. The van der Waals surface area contributed by atoms with E-state index in [9.17, 15) is 0 Å². The minimum atomic E-state index is 0.0319. The van der Waals surface area contributed by atoms with Crippen LogP contribution in [0, 0.1) is 0 Å². The third kappa shape index (κ3) is 2.56. The molecule has 0 amide bonds. The van der Waals surface area contributed by atoms with Gasteiger partial charge in [-0.3, -0.25) is 0 Å². The smallest absolute Gasteiger partial charge is 0.138 e. The molecule has 4 heteroatoms. The molecule has 4 nitrogen and oxygen atoms in total. The van der Waals surface area contributed by atoms with Gasteiger partial charge >= 0.3 is 0 Å². The van der Waals surface area contributed by atoms with E-state index in [1.165, 1.54) is 0 Å². The molecule has 0 bridgehead atoms. The number of hydrogen-bond acceptors (Lipinski definition) is 3. The number of nitrogens with zero attached hydrogens (tertiary/aromatic N) is 3. The fourth-order valence-corrected chi connectivity index (χ4v) is 1.68. The highest BCUT2D eigenvalue weighted by atomic mass is 15.3. The fourth-order valence-electron chi connectivity index (χ4n) is 1.68. The van der Waals surface area contributed by atoms with Crippen LogP contribution < -0.4 is 5.73 Å². The minimum absolute atomic E-state index is 0.0319. The molecule has 1 heterocycles. The standard InChI is InChI=1S/C11H22N4/c1-8(2)15-9(6-7-12)13-14-10(15)11(3,4)5/h8H,6-7,12H2,1-5H3. The lowest BCUT2D eigenvalue weighted by Gasteiger charge is -2.22. The summed E-state index contributed by atoms with van der Waals surface area (Å²) in [6, 6.07) is 0.385. The van der Waals surface area contributed by atoms with Gasteiger partial charge in [-0.05, 0) is 20.4 Å². The van der Waals surface area contributed by atoms with E-state index in [4.69, 9.17) is 5.73 Å². The van der Waals surface area contributed by atoms with E-state index in [2.05, 4.69) is 49.4 Å². The summed E-state index contributed by atoms with van der Waals surface area (Å²) in [5, 5.41) is 8.51. The van der Waals surface area contributed by atoms with E-state index in [0.717, 1.165) is 18.1 Å². The molecule has 0 aliphatic carbocycles. The van der Waals surface area contributed by atoms with E-state index in [0.29, 0.717) is 12.6 Å². The maximum Gasteiger partial charge on any atom is 0.138 e. The Morgan fingerprint density at radius 3 is 2.27 bits per heavy atom. The molecule has 86 valence electrons. The van der Waals surface area contributed by atoms with E-state index in [1.54, 1.807) is 0 Å². The summed E-state index contributed by atoms with van der Waals surface area (Å²) < 4.78 is 2.20. The van der Waals surface area contributed by atoms with Crippen LogP contribution in [0.3, 0.4) is 0 Å². The Balaban J connectivity index is 3.18. The largest absolute Gasteiger partial charge is 0.330 e. The first kappa shape index (κ1) is 12.2. The molecular formula is C11H22N4. The Hall–Kier alpha value is -0.900. The summed E-state index contributed by atoms with van der Waals surface area (Å²) in [5.41, 5.74) is 5.60. The van der Waals surface area contributed by atoms with Crippen molar-refractivity contribution in [3.05, 3.63) is 11.6 Å². The Morgan fingerprint density at radius 1 is 1.27 bits per heavy atom. The molecule has 0 aliphatic rings. The van der Waals surface area contributed by atoms with Gasteiger partial charge in [0.2, 0.25) is 0 Å². The summed E-state index contributed by atoms with van der Waals surface area (Å²) >= 11 is 0. The Morgan fingerprint density at radius 2 is 1.87 bits per heavy atom. The second-order valence-corrected chi connectivity index (χ2v) is 5.19. The lowest BCUT2D eigenvalue weighted by atomic mass is 9.95. The van der Waals surface area contributed by atoms with Crippen molar-refractivity contribution < 1.29 is 0 Å². The lowest BCUT2D eigenvalue weighted by Crippen LogP contribution is -2.22. The summed E-state index contributed by atoms with van der Waals surface area (Å²) in [6.45, 7) is 11.4. The highest BCUT2D eigenvalue weighted by Gasteiger charge is 2.24. The van der Waals surface area contributed by atoms with Gasteiger partial charge in [-0.1, -0.05) is 20.8 Å². The molecule has 0 radical (unpaired) electrons. The van der Waals surface area contributed by atoms with Crippen LogP contribution in [-0.2, 0) is 11.8 Å². The first-order valence-corrected chi connectivity index (χ1v) is 5.52. The molecular weight excluding hydrogens is 188 g/mol. The quantitative estimate of drug-likeness (QED) is 0.825. The zero-order valence-corrected chi connectivity index (χ0v) is 10.4. The lowest BCUT2D eigenvalue weighted by molar-refractivity contribution is 0.459. The molecule has 1 rings (SSSR count). The van der Waals surface area contributed by atoms with E-state index >= 15 is 0 Å². The normalized spacial score (nSPS) is 12.5. The van der Waals surface area contributed by atoms with Gasteiger partial charge in [0, 0.05) is 17.9 Å². The zero-order valence-electron chi connectivity index (χ0n) is 10.4. The van der Waals surface area contributed by atoms with Crippen LogP contribution in [0.5, 0.6) is 0 Å². The highest BCUT2D eigenvalue weighted by Crippen LogP contribution is 2.24. The average Bonchev–Trinajstić information content (AvgIpc) is 2.47. The van der Waals surface area contributed by atoms with Gasteiger partial charge in [0.25, 0.3) is 0 Å². The van der Waals surface area contributed by atoms with Crippen LogP contribution >= 0.6 is 0 Å². The monoisotopic (exact) mass is 210 g/mol. The maximum atomic E-state index is 5.57. The fraction of sp³-hybridized carbons (Fsp3) is 0.818. The van der Waals surface area contributed by atoms with Crippen molar-refractivity contribution in [1.29, 1.82) is 0 Å². The summed E-state index contributed by atoms with van der Waals surface area (Å²) in [6.07, 6.45) is 0.793. The summed E-state index contributed by atoms with van der Waals surface area (Å²) in [7, 11) is 0. The zero-order chi connectivity index (χ0) is 11.6. The van der Waals surface area contributed by atoms with Crippen LogP contribution in [-0.4, -0.2) is 21.3 Å². The predicted molar refractivity (Wildman–Crippen MR) is 61.9 cm³/mol. The van der Waals surface area contributed by atoms with Crippen LogP contribution in [0.25, 0.3) is 0 Å². The van der Waals surface area contributed by atoms with E-state index in [-0.39, 0.29) is 5.41 Å². The Bertz CT molecular complexity index is 320. The molecule has 0 saturated heterocycles. The van der Waals surface area contributed by atoms with E-state index in [1.807, 2.05) is 0 Å². The molecule has 2 N–H and O–H groups in total. The molecule has 0 saturated carbocycles. The van der Waals surface area contributed by atoms with Gasteiger partial charge in [-0.2, -0.15) is 0 Å².